The average molecular weight is 422 g/mol. The number of nitrogens with one attached hydrogen (secondary N) is 2. The molecule has 2 N–H and O–H groups in total. The minimum atomic E-state index is 0. The van der Waals surface area contributed by atoms with Gasteiger partial charge in [-0.05, 0) is 37.4 Å². The highest BCUT2D eigenvalue weighted by Crippen LogP contribution is 2.15. The van der Waals surface area contributed by atoms with Crippen LogP contribution in [0.2, 0.25) is 0 Å². The number of guanidine groups is 1. The third-order valence-electron chi connectivity index (χ3n) is 3.89. The lowest BCUT2D eigenvalue weighted by Crippen LogP contribution is -2.48. The van der Waals surface area contributed by atoms with Crippen molar-refractivity contribution < 1.29 is 0 Å². The van der Waals surface area contributed by atoms with Crippen molar-refractivity contribution in [3.8, 4) is 0 Å². The molecule has 0 bridgehead atoms. The first-order valence-electron chi connectivity index (χ1n) is 7.54. The molecule has 1 aromatic rings. The topological polar surface area (TPSA) is 39.7 Å². The summed E-state index contributed by atoms with van der Waals surface area (Å²) in [5.74, 6) is 0.903. The van der Waals surface area contributed by atoms with Crippen LogP contribution in [0.3, 0.4) is 0 Å². The number of nitrogens with zero attached hydrogens (tertiary/aromatic N) is 2. The molecule has 1 fully saturated rings. The molecule has 0 spiro atoms. The van der Waals surface area contributed by atoms with Crippen molar-refractivity contribution in [3.63, 3.8) is 0 Å². The molecule has 1 saturated heterocycles. The minimum Gasteiger partial charge on any atom is -0.355 e. The fourth-order valence-electron chi connectivity index (χ4n) is 2.73. The Kier molecular flexibility index (Phi) is 9.26. The maximum Gasteiger partial charge on any atom is 0.191 e. The summed E-state index contributed by atoms with van der Waals surface area (Å²) in [6, 6.07) is 4.87. The Morgan fingerprint density at radius 1 is 1.43 bits per heavy atom. The number of aliphatic imine (C=N–C) groups is 1. The molecular weight excluding hydrogens is 395 g/mol. The van der Waals surface area contributed by atoms with Crippen molar-refractivity contribution in [2.45, 2.75) is 38.8 Å². The standard InChI is InChI=1S/C15H26N4S.HI/c1-3-19-9-5-4-7-13(19)11-17-15(16-2)18-12-14-8-6-10-20-14;/h6,8,10,13H,3-5,7,9,11-12H2,1-2H3,(H2,16,17,18);1H. The molecule has 0 saturated carbocycles. The first kappa shape index (κ1) is 18.7. The number of thiophene rings is 1. The Bertz CT molecular complexity index is 408. The molecule has 1 aromatic heterocycles. The molecule has 1 atom stereocenters. The Morgan fingerprint density at radius 2 is 2.29 bits per heavy atom. The molecule has 0 amide bonds. The Labute approximate surface area is 149 Å². The van der Waals surface area contributed by atoms with Crippen LogP contribution in [0, 0.1) is 0 Å². The highest BCUT2D eigenvalue weighted by atomic mass is 127. The van der Waals surface area contributed by atoms with Gasteiger partial charge in [-0.3, -0.25) is 9.89 Å². The van der Waals surface area contributed by atoms with Crippen molar-refractivity contribution in [2.75, 3.05) is 26.7 Å². The lowest BCUT2D eigenvalue weighted by Gasteiger charge is -2.35. The van der Waals surface area contributed by atoms with Crippen molar-refractivity contribution in [2.24, 2.45) is 4.99 Å². The Balaban J connectivity index is 0.00000220. The van der Waals surface area contributed by atoms with Gasteiger partial charge in [0.05, 0.1) is 6.54 Å². The van der Waals surface area contributed by atoms with E-state index in [1.807, 2.05) is 7.05 Å². The summed E-state index contributed by atoms with van der Waals surface area (Å²) in [4.78, 5) is 8.21. The van der Waals surface area contributed by atoms with Gasteiger partial charge in [0.1, 0.15) is 0 Å². The van der Waals surface area contributed by atoms with E-state index in [2.05, 4.69) is 45.0 Å². The summed E-state index contributed by atoms with van der Waals surface area (Å²) in [6.07, 6.45) is 3.99. The van der Waals surface area contributed by atoms with Gasteiger partial charge in [0.2, 0.25) is 0 Å². The number of rotatable bonds is 5. The third kappa shape index (κ3) is 6.12. The summed E-state index contributed by atoms with van der Waals surface area (Å²) in [7, 11) is 1.84. The second-order valence-corrected chi connectivity index (χ2v) is 6.20. The van der Waals surface area contributed by atoms with Gasteiger partial charge in [-0.2, -0.15) is 0 Å². The lowest BCUT2D eigenvalue weighted by atomic mass is 10.0. The van der Waals surface area contributed by atoms with E-state index in [9.17, 15) is 0 Å². The smallest absolute Gasteiger partial charge is 0.191 e. The number of hydrogen-bond acceptors (Lipinski definition) is 3. The zero-order chi connectivity index (χ0) is 14.2. The van der Waals surface area contributed by atoms with Gasteiger partial charge in [0, 0.05) is 24.5 Å². The Hall–Kier alpha value is -0.340. The number of likely N-dealkylation sites (N-methyl/N-ethyl adjacent to an activating group) is 1. The van der Waals surface area contributed by atoms with Gasteiger partial charge in [-0.15, -0.1) is 35.3 Å². The summed E-state index contributed by atoms with van der Waals surface area (Å²) in [5.41, 5.74) is 0. The van der Waals surface area contributed by atoms with Crippen molar-refractivity contribution >= 4 is 41.3 Å². The quantitative estimate of drug-likeness (QED) is 0.436. The number of piperidine rings is 1. The third-order valence-corrected chi connectivity index (χ3v) is 4.77. The van der Waals surface area contributed by atoms with E-state index >= 15 is 0 Å². The van der Waals surface area contributed by atoms with E-state index in [1.54, 1.807) is 11.3 Å². The van der Waals surface area contributed by atoms with E-state index in [0.29, 0.717) is 6.04 Å². The van der Waals surface area contributed by atoms with E-state index in [4.69, 9.17) is 0 Å². The van der Waals surface area contributed by atoms with Crippen LogP contribution in [0.25, 0.3) is 0 Å². The summed E-state index contributed by atoms with van der Waals surface area (Å²) in [6.45, 7) is 6.47. The molecule has 2 rings (SSSR count). The minimum absolute atomic E-state index is 0. The molecule has 120 valence electrons. The molecule has 0 aromatic carbocycles. The summed E-state index contributed by atoms with van der Waals surface area (Å²) < 4.78 is 0. The molecule has 6 heteroatoms. The van der Waals surface area contributed by atoms with Crippen molar-refractivity contribution in [3.05, 3.63) is 22.4 Å². The predicted octanol–water partition coefficient (Wildman–Crippen LogP) is 2.91. The van der Waals surface area contributed by atoms with Gasteiger partial charge in [0.15, 0.2) is 5.96 Å². The highest BCUT2D eigenvalue weighted by molar-refractivity contribution is 14.0. The fraction of sp³-hybridized carbons (Fsp3) is 0.667. The highest BCUT2D eigenvalue weighted by Gasteiger charge is 2.20. The molecule has 0 radical (unpaired) electrons. The molecular formula is C15H27IN4S. The second-order valence-electron chi connectivity index (χ2n) is 5.16. The number of halogens is 1. The fourth-order valence-corrected chi connectivity index (χ4v) is 3.37. The van der Waals surface area contributed by atoms with E-state index in [0.717, 1.165) is 25.6 Å². The molecule has 1 unspecified atom stereocenters. The van der Waals surface area contributed by atoms with Gasteiger partial charge < -0.3 is 10.6 Å². The Morgan fingerprint density at radius 3 is 2.95 bits per heavy atom. The SMILES string of the molecule is CCN1CCCCC1CNC(=NC)NCc1cccs1.I. The molecule has 21 heavy (non-hydrogen) atoms. The lowest BCUT2D eigenvalue weighted by molar-refractivity contribution is 0.157. The number of hydrogen-bond donors (Lipinski definition) is 2. The van der Waals surface area contributed by atoms with Crippen molar-refractivity contribution in [1.29, 1.82) is 0 Å². The molecule has 2 heterocycles. The van der Waals surface area contributed by atoms with E-state index in [-0.39, 0.29) is 24.0 Å². The first-order valence-corrected chi connectivity index (χ1v) is 8.42. The second kappa shape index (κ2) is 10.4. The van der Waals surface area contributed by atoms with Crippen LogP contribution in [-0.4, -0.2) is 43.6 Å². The number of likely N-dealkylation sites (tertiary alicyclic amines) is 1. The van der Waals surface area contributed by atoms with Gasteiger partial charge >= 0.3 is 0 Å². The van der Waals surface area contributed by atoms with E-state index in [1.165, 1.54) is 30.7 Å². The van der Waals surface area contributed by atoms with Gasteiger partial charge in [-0.25, -0.2) is 0 Å². The van der Waals surface area contributed by atoms with Crippen LogP contribution in [0.15, 0.2) is 22.5 Å². The molecule has 1 aliphatic heterocycles. The summed E-state index contributed by atoms with van der Waals surface area (Å²) >= 11 is 1.77. The predicted molar refractivity (Wildman–Crippen MR) is 103 cm³/mol. The summed E-state index contributed by atoms with van der Waals surface area (Å²) in [5, 5.41) is 8.95. The van der Waals surface area contributed by atoms with Crippen molar-refractivity contribution in [1.82, 2.24) is 15.5 Å². The average Bonchev–Trinajstić information content (AvgIpc) is 3.01. The monoisotopic (exact) mass is 422 g/mol. The zero-order valence-electron chi connectivity index (χ0n) is 13.0. The molecule has 4 nitrogen and oxygen atoms in total. The largest absolute Gasteiger partial charge is 0.355 e. The molecule has 0 aliphatic carbocycles. The van der Waals surface area contributed by atoms with Crippen LogP contribution in [0.5, 0.6) is 0 Å². The van der Waals surface area contributed by atoms with Gasteiger partial charge in [-0.1, -0.05) is 19.4 Å². The van der Waals surface area contributed by atoms with Crippen LogP contribution < -0.4 is 10.6 Å². The first-order chi connectivity index (χ1) is 9.83. The van der Waals surface area contributed by atoms with Crippen LogP contribution >= 0.6 is 35.3 Å². The normalized spacial score (nSPS) is 19.9. The van der Waals surface area contributed by atoms with Crippen LogP contribution in [0.4, 0.5) is 0 Å². The maximum atomic E-state index is 4.30. The molecule has 1 aliphatic rings. The van der Waals surface area contributed by atoms with Crippen LogP contribution in [0.1, 0.15) is 31.1 Å². The maximum absolute atomic E-state index is 4.30. The van der Waals surface area contributed by atoms with Crippen LogP contribution in [-0.2, 0) is 6.54 Å². The van der Waals surface area contributed by atoms with Gasteiger partial charge in [0.25, 0.3) is 0 Å². The zero-order valence-corrected chi connectivity index (χ0v) is 16.1. The van der Waals surface area contributed by atoms with E-state index < -0.39 is 0 Å².